The van der Waals surface area contributed by atoms with Gasteiger partial charge in [0.25, 0.3) is 0 Å². The standard InChI is InChI=1S/C12H13N5O2/c18-12(19)9-5-10(7-13-6-9)17-11(14-15-16-17)8-3-1-2-4-8/h5-8H,1-4H2,(H,18,19). The van der Waals surface area contributed by atoms with Gasteiger partial charge in [-0.15, -0.1) is 5.10 Å². The summed E-state index contributed by atoms with van der Waals surface area (Å²) in [7, 11) is 0. The van der Waals surface area contributed by atoms with E-state index in [-0.39, 0.29) is 5.56 Å². The number of nitrogens with zero attached hydrogens (tertiary/aromatic N) is 5. The fourth-order valence-corrected chi connectivity index (χ4v) is 2.48. The summed E-state index contributed by atoms with van der Waals surface area (Å²) in [6, 6.07) is 1.53. The van der Waals surface area contributed by atoms with E-state index in [1.54, 1.807) is 10.9 Å². The molecule has 19 heavy (non-hydrogen) atoms. The molecule has 0 spiro atoms. The zero-order chi connectivity index (χ0) is 13.2. The Morgan fingerprint density at radius 3 is 2.84 bits per heavy atom. The minimum Gasteiger partial charge on any atom is -0.478 e. The minimum atomic E-state index is -1.01. The molecule has 0 atom stereocenters. The highest BCUT2D eigenvalue weighted by Crippen LogP contribution is 2.33. The predicted molar refractivity (Wildman–Crippen MR) is 65.1 cm³/mol. The van der Waals surface area contributed by atoms with E-state index in [1.807, 2.05) is 0 Å². The van der Waals surface area contributed by atoms with Crippen LogP contribution in [0.3, 0.4) is 0 Å². The van der Waals surface area contributed by atoms with Crippen LogP contribution in [0.1, 0.15) is 47.8 Å². The monoisotopic (exact) mass is 259 g/mol. The number of rotatable bonds is 3. The number of aromatic carboxylic acids is 1. The van der Waals surface area contributed by atoms with E-state index in [2.05, 4.69) is 20.5 Å². The first-order valence-electron chi connectivity index (χ1n) is 6.22. The number of tetrazole rings is 1. The van der Waals surface area contributed by atoms with E-state index in [0.29, 0.717) is 11.6 Å². The van der Waals surface area contributed by atoms with Crippen LogP contribution in [0.15, 0.2) is 18.5 Å². The van der Waals surface area contributed by atoms with E-state index in [0.717, 1.165) is 18.7 Å². The Labute approximate surface area is 109 Å². The Hall–Kier alpha value is -2.31. The fraction of sp³-hybridized carbons (Fsp3) is 0.417. The third-order valence-electron chi connectivity index (χ3n) is 3.43. The average molecular weight is 259 g/mol. The lowest BCUT2D eigenvalue weighted by Crippen LogP contribution is -2.08. The van der Waals surface area contributed by atoms with Crippen molar-refractivity contribution in [2.45, 2.75) is 31.6 Å². The third-order valence-corrected chi connectivity index (χ3v) is 3.43. The number of pyridine rings is 1. The van der Waals surface area contributed by atoms with Gasteiger partial charge in [0.15, 0.2) is 5.82 Å². The van der Waals surface area contributed by atoms with Crippen LogP contribution in [0.5, 0.6) is 0 Å². The first-order chi connectivity index (χ1) is 9.25. The van der Waals surface area contributed by atoms with Crippen molar-refractivity contribution < 1.29 is 9.90 Å². The molecule has 0 saturated heterocycles. The number of hydrogen-bond acceptors (Lipinski definition) is 5. The van der Waals surface area contributed by atoms with Gasteiger partial charge in [0.2, 0.25) is 0 Å². The molecule has 98 valence electrons. The van der Waals surface area contributed by atoms with Crippen molar-refractivity contribution in [2.24, 2.45) is 0 Å². The molecule has 0 aliphatic heterocycles. The van der Waals surface area contributed by atoms with E-state index in [9.17, 15) is 4.79 Å². The second-order valence-electron chi connectivity index (χ2n) is 4.67. The van der Waals surface area contributed by atoms with E-state index in [1.165, 1.54) is 25.1 Å². The molecule has 1 aliphatic rings. The van der Waals surface area contributed by atoms with Crippen LogP contribution in [0.2, 0.25) is 0 Å². The smallest absolute Gasteiger partial charge is 0.337 e. The number of carboxylic acid groups (broad SMARTS) is 1. The molecule has 7 nitrogen and oxygen atoms in total. The van der Waals surface area contributed by atoms with Gasteiger partial charge < -0.3 is 5.11 Å². The Morgan fingerprint density at radius 1 is 1.32 bits per heavy atom. The molecule has 1 aliphatic carbocycles. The first kappa shape index (κ1) is 11.8. The van der Waals surface area contributed by atoms with Crippen LogP contribution < -0.4 is 0 Å². The minimum absolute atomic E-state index is 0.130. The molecule has 1 N–H and O–H groups in total. The van der Waals surface area contributed by atoms with Gasteiger partial charge in [-0.3, -0.25) is 4.98 Å². The van der Waals surface area contributed by atoms with Crippen molar-refractivity contribution >= 4 is 5.97 Å². The molecule has 2 aromatic rings. The lowest BCUT2D eigenvalue weighted by atomic mass is 10.1. The Bertz CT molecular complexity index is 604. The predicted octanol–water partition coefficient (Wildman–Crippen LogP) is 1.41. The van der Waals surface area contributed by atoms with Crippen molar-refractivity contribution in [3.05, 3.63) is 29.8 Å². The molecule has 0 radical (unpaired) electrons. The summed E-state index contributed by atoms with van der Waals surface area (Å²) in [6.45, 7) is 0. The molecule has 2 aromatic heterocycles. The Morgan fingerprint density at radius 2 is 2.11 bits per heavy atom. The summed E-state index contributed by atoms with van der Waals surface area (Å²) >= 11 is 0. The summed E-state index contributed by atoms with van der Waals surface area (Å²) in [5.41, 5.74) is 0.720. The summed E-state index contributed by atoms with van der Waals surface area (Å²) in [5.74, 6) is 0.134. The van der Waals surface area contributed by atoms with Gasteiger partial charge in [-0.05, 0) is 29.3 Å². The van der Waals surface area contributed by atoms with Crippen molar-refractivity contribution in [3.63, 3.8) is 0 Å². The molecular weight excluding hydrogens is 246 g/mol. The Balaban J connectivity index is 2.00. The van der Waals surface area contributed by atoms with Crippen LogP contribution in [-0.4, -0.2) is 36.3 Å². The zero-order valence-corrected chi connectivity index (χ0v) is 10.2. The molecule has 0 bridgehead atoms. The van der Waals surface area contributed by atoms with Crippen molar-refractivity contribution in [1.29, 1.82) is 0 Å². The summed E-state index contributed by atoms with van der Waals surface area (Å²) in [5, 5.41) is 20.7. The number of carbonyl (C=O) groups is 1. The van der Waals surface area contributed by atoms with Crippen LogP contribution in [0.4, 0.5) is 0 Å². The largest absolute Gasteiger partial charge is 0.478 e. The summed E-state index contributed by atoms with van der Waals surface area (Å²) < 4.78 is 1.59. The van der Waals surface area contributed by atoms with Crippen LogP contribution in [0, 0.1) is 0 Å². The third kappa shape index (κ3) is 2.18. The average Bonchev–Trinajstić information content (AvgIpc) is 3.09. The van der Waals surface area contributed by atoms with Crippen molar-refractivity contribution in [2.75, 3.05) is 0 Å². The van der Waals surface area contributed by atoms with Crippen LogP contribution in [-0.2, 0) is 0 Å². The maximum atomic E-state index is 11.0. The number of carboxylic acids is 1. The SMILES string of the molecule is O=C(O)c1cncc(-n2nnnc2C2CCCC2)c1. The molecule has 2 heterocycles. The molecule has 7 heteroatoms. The van der Waals surface area contributed by atoms with Gasteiger partial charge in [-0.25, -0.2) is 4.79 Å². The zero-order valence-electron chi connectivity index (χ0n) is 10.2. The molecule has 0 aromatic carbocycles. The van der Waals surface area contributed by atoms with Gasteiger partial charge in [0.1, 0.15) is 0 Å². The highest BCUT2D eigenvalue weighted by atomic mass is 16.4. The maximum Gasteiger partial charge on any atom is 0.337 e. The summed E-state index contributed by atoms with van der Waals surface area (Å²) in [4.78, 5) is 14.9. The second-order valence-corrected chi connectivity index (χ2v) is 4.67. The van der Waals surface area contributed by atoms with Crippen molar-refractivity contribution in [3.8, 4) is 5.69 Å². The topological polar surface area (TPSA) is 93.8 Å². The Kier molecular flexibility index (Phi) is 2.94. The van der Waals surface area contributed by atoms with Crippen LogP contribution in [0.25, 0.3) is 5.69 Å². The van der Waals surface area contributed by atoms with Gasteiger partial charge in [0, 0.05) is 12.1 Å². The normalized spacial score (nSPS) is 15.8. The molecule has 1 saturated carbocycles. The maximum absolute atomic E-state index is 11.0. The quantitative estimate of drug-likeness (QED) is 0.895. The van der Waals surface area contributed by atoms with Gasteiger partial charge >= 0.3 is 5.97 Å². The van der Waals surface area contributed by atoms with Gasteiger partial charge in [-0.2, -0.15) is 4.68 Å². The van der Waals surface area contributed by atoms with Gasteiger partial charge in [0.05, 0.1) is 17.4 Å². The lowest BCUT2D eigenvalue weighted by Gasteiger charge is -2.09. The highest BCUT2D eigenvalue weighted by molar-refractivity contribution is 5.87. The molecule has 0 unspecified atom stereocenters. The molecular formula is C12H13N5O2. The van der Waals surface area contributed by atoms with Crippen LogP contribution >= 0.6 is 0 Å². The van der Waals surface area contributed by atoms with Gasteiger partial charge in [-0.1, -0.05) is 12.8 Å². The van der Waals surface area contributed by atoms with E-state index in [4.69, 9.17) is 5.11 Å². The fourth-order valence-electron chi connectivity index (χ4n) is 2.48. The molecule has 1 fully saturated rings. The lowest BCUT2D eigenvalue weighted by molar-refractivity contribution is 0.0696. The van der Waals surface area contributed by atoms with E-state index >= 15 is 0 Å². The second kappa shape index (κ2) is 4.75. The number of aromatic nitrogens is 5. The highest BCUT2D eigenvalue weighted by Gasteiger charge is 2.24. The molecule has 0 amide bonds. The summed E-state index contributed by atoms with van der Waals surface area (Å²) in [6.07, 6.45) is 7.40. The van der Waals surface area contributed by atoms with Crippen molar-refractivity contribution in [1.82, 2.24) is 25.2 Å². The van der Waals surface area contributed by atoms with E-state index < -0.39 is 5.97 Å². The molecule has 3 rings (SSSR count). The first-order valence-corrected chi connectivity index (χ1v) is 6.22. The number of hydrogen-bond donors (Lipinski definition) is 1.